The molecule has 3 fully saturated rings. The fraction of sp³-hybridized carbons (Fsp3) is 0.448. The van der Waals surface area contributed by atoms with Crippen LogP contribution in [0, 0.1) is 17.3 Å². The van der Waals surface area contributed by atoms with E-state index in [-0.39, 0.29) is 16.4 Å². The van der Waals surface area contributed by atoms with E-state index in [9.17, 15) is 4.79 Å². The zero-order valence-corrected chi connectivity index (χ0v) is 20.4. The maximum absolute atomic E-state index is 13.4. The van der Waals surface area contributed by atoms with Crippen LogP contribution < -0.4 is 11.3 Å². The number of aromatic nitrogens is 3. The van der Waals surface area contributed by atoms with E-state index in [0.29, 0.717) is 12.5 Å². The molecule has 2 aromatic heterocycles. The molecule has 3 aliphatic rings. The van der Waals surface area contributed by atoms with E-state index < -0.39 is 0 Å². The molecule has 34 heavy (non-hydrogen) atoms. The minimum Gasteiger partial charge on any atom is -0.330 e. The molecule has 0 amide bonds. The number of aromatic amines is 2. The van der Waals surface area contributed by atoms with E-state index in [1.54, 1.807) is 0 Å². The Balaban J connectivity index is 1.69. The smallest absolute Gasteiger partial charge is 0.256 e. The van der Waals surface area contributed by atoms with Crippen molar-refractivity contribution in [1.29, 1.82) is 0 Å². The van der Waals surface area contributed by atoms with Crippen molar-refractivity contribution in [2.75, 3.05) is 6.54 Å². The lowest BCUT2D eigenvalue weighted by Gasteiger charge is -2.69. The Kier molecular flexibility index (Phi) is 4.79. The number of nitrogens with zero attached hydrogens (tertiary/aromatic N) is 1. The van der Waals surface area contributed by atoms with Gasteiger partial charge in [0, 0.05) is 23.4 Å². The van der Waals surface area contributed by atoms with Gasteiger partial charge in [-0.25, -0.2) is 0 Å². The van der Waals surface area contributed by atoms with Crippen LogP contribution in [0.1, 0.15) is 57.6 Å². The third-order valence-corrected chi connectivity index (χ3v) is 9.58. The molecule has 7 rings (SSSR count). The molecule has 3 saturated carbocycles. The molecule has 3 unspecified atom stereocenters. The van der Waals surface area contributed by atoms with Gasteiger partial charge in [0.25, 0.3) is 5.56 Å². The predicted octanol–water partition coefficient (Wildman–Crippen LogP) is 5.68. The van der Waals surface area contributed by atoms with E-state index in [4.69, 9.17) is 5.73 Å². The topological polar surface area (TPSA) is 87.6 Å². The minimum atomic E-state index is -0.00740. The fourth-order valence-electron chi connectivity index (χ4n) is 7.56. The minimum absolute atomic E-state index is 0.00740. The Morgan fingerprint density at radius 3 is 2.65 bits per heavy atom. The predicted molar refractivity (Wildman–Crippen MR) is 139 cm³/mol. The summed E-state index contributed by atoms with van der Waals surface area (Å²) in [7, 11) is 0. The molecule has 3 atom stereocenters. The molecule has 0 aliphatic heterocycles. The van der Waals surface area contributed by atoms with Gasteiger partial charge in [0.2, 0.25) is 0 Å². The molecule has 3 aliphatic carbocycles. The Hall–Kier alpha value is -2.92. The van der Waals surface area contributed by atoms with Crippen molar-refractivity contribution in [2.45, 2.75) is 58.3 Å². The normalized spacial score (nSPS) is 25.5. The van der Waals surface area contributed by atoms with Gasteiger partial charge in [-0.1, -0.05) is 32.9 Å². The van der Waals surface area contributed by atoms with Crippen molar-refractivity contribution < 1.29 is 0 Å². The first-order chi connectivity index (χ1) is 16.4. The number of H-pyrrole nitrogens is 2. The molecule has 2 heterocycles. The molecule has 0 spiro atoms. The first-order valence-electron chi connectivity index (χ1n) is 12.7. The summed E-state index contributed by atoms with van der Waals surface area (Å²) in [4.78, 5) is 16.6. The van der Waals surface area contributed by atoms with Gasteiger partial charge in [-0.3, -0.25) is 9.89 Å². The highest BCUT2D eigenvalue weighted by atomic mass is 16.1. The van der Waals surface area contributed by atoms with E-state index in [0.717, 1.165) is 51.4 Å². The van der Waals surface area contributed by atoms with E-state index in [1.807, 2.05) is 18.6 Å². The number of benzene rings is 2. The average Bonchev–Trinajstić information content (AvgIpc) is 3.37. The zero-order chi connectivity index (χ0) is 23.7. The highest BCUT2D eigenvalue weighted by molar-refractivity contribution is 6.11. The maximum atomic E-state index is 13.4. The number of nitrogens with two attached hydrogens (primary N) is 1. The summed E-state index contributed by atoms with van der Waals surface area (Å²) in [5.74, 6) is 1.34. The van der Waals surface area contributed by atoms with Gasteiger partial charge < -0.3 is 10.7 Å². The maximum Gasteiger partial charge on any atom is 0.256 e. The Bertz CT molecular complexity index is 1450. The van der Waals surface area contributed by atoms with Crippen molar-refractivity contribution in [3.05, 3.63) is 64.3 Å². The van der Waals surface area contributed by atoms with Crippen molar-refractivity contribution in [3.8, 4) is 11.1 Å². The fourth-order valence-corrected chi connectivity index (χ4v) is 7.56. The second kappa shape index (κ2) is 7.54. The van der Waals surface area contributed by atoms with Crippen molar-refractivity contribution in [2.24, 2.45) is 23.0 Å². The summed E-state index contributed by atoms with van der Waals surface area (Å²) in [6.45, 7) is 7.97. The number of rotatable bonds is 5. The summed E-state index contributed by atoms with van der Waals surface area (Å²) in [6, 6.07) is 8.78. The Morgan fingerprint density at radius 2 is 1.94 bits per heavy atom. The highest BCUT2D eigenvalue weighted by Crippen LogP contribution is 2.70. The first-order valence-corrected chi connectivity index (χ1v) is 12.7. The standard InChI is InChI=1S/C29H34N4O/c1-17-6-8-21-13-29(17,28(21,2)3)25-16-31-27(34)26-23-11-18(20-14-32-33-15-20)7-9-22(23)19(5-4-10-30)12-24(25)26/h7,9,11-12,14-17,21H,4-6,8,10,13,30H2,1-3H3,(H,31,34)(H,32,33). The van der Waals surface area contributed by atoms with Gasteiger partial charge in [-0.05, 0) is 101 Å². The van der Waals surface area contributed by atoms with E-state index in [2.05, 4.69) is 60.2 Å². The van der Waals surface area contributed by atoms with Crippen LogP contribution in [0.5, 0.6) is 0 Å². The van der Waals surface area contributed by atoms with Gasteiger partial charge in [0.05, 0.1) is 11.6 Å². The molecule has 0 radical (unpaired) electrons. The third kappa shape index (κ3) is 2.76. The lowest BCUT2D eigenvalue weighted by atomic mass is 9.35. The molecule has 2 aromatic carbocycles. The molecule has 176 valence electrons. The van der Waals surface area contributed by atoms with Gasteiger partial charge in [0.1, 0.15) is 0 Å². The van der Waals surface area contributed by atoms with Crippen LogP contribution in [-0.2, 0) is 11.8 Å². The number of nitrogens with one attached hydrogen (secondary N) is 2. The van der Waals surface area contributed by atoms with Crippen LogP contribution in [0.4, 0.5) is 0 Å². The average molecular weight is 455 g/mol. The van der Waals surface area contributed by atoms with Gasteiger partial charge in [-0.2, -0.15) is 5.10 Å². The summed E-state index contributed by atoms with van der Waals surface area (Å²) < 4.78 is 0. The summed E-state index contributed by atoms with van der Waals surface area (Å²) in [5, 5.41) is 11.2. The number of aryl methyl sites for hydroxylation is 1. The molecule has 5 heteroatoms. The molecular weight excluding hydrogens is 420 g/mol. The van der Waals surface area contributed by atoms with Crippen LogP contribution in [0.25, 0.3) is 32.7 Å². The van der Waals surface area contributed by atoms with Crippen LogP contribution in [-0.4, -0.2) is 21.7 Å². The summed E-state index contributed by atoms with van der Waals surface area (Å²) >= 11 is 0. The number of hydrogen-bond acceptors (Lipinski definition) is 3. The SMILES string of the molecule is CC1CCC2CC1(c1c[nH]c(=O)c3c1cc(CCCN)c1ccc(-c4cn[nH]c4)cc13)C2(C)C. The van der Waals surface area contributed by atoms with E-state index >= 15 is 0 Å². The van der Waals surface area contributed by atoms with Gasteiger partial charge in [-0.15, -0.1) is 0 Å². The van der Waals surface area contributed by atoms with Gasteiger partial charge in [0.15, 0.2) is 0 Å². The second-order valence-corrected chi connectivity index (χ2v) is 11.2. The van der Waals surface area contributed by atoms with Crippen LogP contribution in [0.15, 0.2) is 47.7 Å². The molecule has 2 bridgehead atoms. The second-order valence-electron chi connectivity index (χ2n) is 11.2. The molecule has 5 nitrogen and oxygen atoms in total. The summed E-state index contributed by atoms with van der Waals surface area (Å²) in [5.41, 5.74) is 10.9. The Morgan fingerprint density at radius 1 is 1.09 bits per heavy atom. The van der Waals surface area contributed by atoms with Crippen molar-refractivity contribution in [3.63, 3.8) is 0 Å². The zero-order valence-electron chi connectivity index (χ0n) is 20.4. The van der Waals surface area contributed by atoms with Crippen LogP contribution >= 0.6 is 0 Å². The number of fused-ring (bicyclic) bond motifs is 5. The van der Waals surface area contributed by atoms with Crippen molar-refractivity contribution >= 4 is 21.5 Å². The van der Waals surface area contributed by atoms with Gasteiger partial charge >= 0.3 is 0 Å². The Labute approximate surface area is 200 Å². The summed E-state index contributed by atoms with van der Waals surface area (Å²) in [6.07, 6.45) is 11.4. The van der Waals surface area contributed by atoms with Crippen molar-refractivity contribution in [1.82, 2.24) is 15.2 Å². The first kappa shape index (κ1) is 21.6. The molecule has 4 N–H and O–H groups in total. The van der Waals surface area contributed by atoms with E-state index in [1.165, 1.54) is 30.4 Å². The third-order valence-electron chi connectivity index (χ3n) is 9.58. The lowest BCUT2D eigenvalue weighted by Crippen LogP contribution is -2.64. The number of pyridine rings is 1. The molecule has 4 aromatic rings. The lowest BCUT2D eigenvalue weighted by molar-refractivity contribution is -0.132. The molecular formula is C29H34N4O. The monoisotopic (exact) mass is 454 g/mol. The van der Waals surface area contributed by atoms with Crippen LogP contribution in [0.2, 0.25) is 0 Å². The molecule has 0 saturated heterocycles. The largest absolute Gasteiger partial charge is 0.330 e. The quantitative estimate of drug-likeness (QED) is 0.339. The number of hydrogen-bond donors (Lipinski definition) is 3. The highest BCUT2D eigenvalue weighted by Gasteiger charge is 2.65. The van der Waals surface area contributed by atoms with Crippen LogP contribution in [0.3, 0.4) is 0 Å².